The first-order valence-electron chi connectivity index (χ1n) is 5.98. The Kier molecular flexibility index (Phi) is 3.94. The third-order valence-electron chi connectivity index (χ3n) is 2.82. The summed E-state index contributed by atoms with van der Waals surface area (Å²) in [6, 6.07) is 6.55. The minimum atomic E-state index is -0.596. The fourth-order valence-corrected chi connectivity index (χ4v) is 1.75. The number of nitrogens with zero attached hydrogens (tertiary/aromatic N) is 1. The molecule has 0 unspecified atom stereocenters. The SMILES string of the molecule is CCn1cc(NCc2ccc(F)cc2F)ccc1=O. The highest BCUT2D eigenvalue weighted by Crippen LogP contribution is 2.12. The number of aromatic nitrogens is 1. The van der Waals surface area contributed by atoms with Crippen LogP contribution in [0.1, 0.15) is 12.5 Å². The van der Waals surface area contributed by atoms with Crippen LogP contribution >= 0.6 is 0 Å². The van der Waals surface area contributed by atoms with Crippen molar-refractivity contribution in [2.24, 2.45) is 0 Å². The lowest BCUT2D eigenvalue weighted by molar-refractivity contribution is 0.574. The lowest BCUT2D eigenvalue weighted by atomic mass is 10.2. The van der Waals surface area contributed by atoms with E-state index in [0.29, 0.717) is 17.8 Å². The van der Waals surface area contributed by atoms with Crippen molar-refractivity contribution < 1.29 is 8.78 Å². The van der Waals surface area contributed by atoms with E-state index in [1.807, 2.05) is 6.92 Å². The van der Waals surface area contributed by atoms with Gasteiger partial charge in [0.15, 0.2) is 0 Å². The zero-order valence-electron chi connectivity index (χ0n) is 10.5. The molecule has 19 heavy (non-hydrogen) atoms. The summed E-state index contributed by atoms with van der Waals surface area (Å²) < 4.78 is 27.7. The van der Waals surface area contributed by atoms with Gasteiger partial charge in [0.05, 0.1) is 5.69 Å². The lowest BCUT2D eigenvalue weighted by Crippen LogP contribution is -2.17. The largest absolute Gasteiger partial charge is 0.380 e. The number of rotatable bonds is 4. The highest BCUT2D eigenvalue weighted by atomic mass is 19.1. The van der Waals surface area contributed by atoms with Gasteiger partial charge in [0.25, 0.3) is 5.56 Å². The van der Waals surface area contributed by atoms with Crippen LogP contribution < -0.4 is 10.9 Å². The van der Waals surface area contributed by atoms with E-state index >= 15 is 0 Å². The van der Waals surface area contributed by atoms with Gasteiger partial charge in [0, 0.05) is 37.0 Å². The van der Waals surface area contributed by atoms with Gasteiger partial charge in [-0.15, -0.1) is 0 Å². The molecule has 0 amide bonds. The van der Waals surface area contributed by atoms with Gasteiger partial charge in [-0.3, -0.25) is 4.79 Å². The summed E-state index contributed by atoms with van der Waals surface area (Å²) in [6.45, 7) is 2.66. The van der Waals surface area contributed by atoms with Crippen molar-refractivity contribution in [3.63, 3.8) is 0 Å². The van der Waals surface area contributed by atoms with Crippen LogP contribution in [0.25, 0.3) is 0 Å². The fourth-order valence-electron chi connectivity index (χ4n) is 1.75. The molecular formula is C14H14F2N2O. The van der Waals surface area contributed by atoms with Gasteiger partial charge in [0.2, 0.25) is 0 Å². The zero-order valence-corrected chi connectivity index (χ0v) is 10.5. The molecule has 0 aliphatic carbocycles. The van der Waals surface area contributed by atoms with Crippen LogP contribution in [0.4, 0.5) is 14.5 Å². The van der Waals surface area contributed by atoms with Crippen LogP contribution in [0.2, 0.25) is 0 Å². The highest BCUT2D eigenvalue weighted by Gasteiger charge is 2.04. The Morgan fingerprint density at radius 2 is 2.00 bits per heavy atom. The zero-order chi connectivity index (χ0) is 13.8. The Morgan fingerprint density at radius 1 is 1.21 bits per heavy atom. The molecule has 5 heteroatoms. The summed E-state index contributed by atoms with van der Waals surface area (Å²) in [5.41, 5.74) is 1.00. The average molecular weight is 264 g/mol. The van der Waals surface area contributed by atoms with Crippen molar-refractivity contribution in [1.29, 1.82) is 0 Å². The van der Waals surface area contributed by atoms with E-state index in [4.69, 9.17) is 0 Å². The molecular weight excluding hydrogens is 250 g/mol. The Hall–Kier alpha value is -2.17. The van der Waals surface area contributed by atoms with E-state index in [2.05, 4.69) is 5.32 Å². The Bertz CT molecular complexity index is 638. The summed E-state index contributed by atoms with van der Waals surface area (Å²) in [4.78, 5) is 11.4. The summed E-state index contributed by atoms with van der Waals surface area (Å²) in [5, 5.41) is 3.00. The van der Waals surface area contributed by atoms with Crippen molar-refractivity contribution >= 4 is 5.69 Å². The number of hydrogen-bond donors (Lipinski definition) is 1. The van der Waals surface area contributed by atoms with Gasteiger partial charge in [-0.25, -0.2) is 8.78 Å². The molecule has 100 valence electrons. The molecule has 0 saturated heterocycles. The molecule has 1 aromatic heterocycles. The first-order chi connectivity index (χ1) is 9.10. The van der Waals surface area contributed by atoms with E-state index < -0.39 is 11.6 Å². The van der Waals surface area contributed by atoms with Crippen molar-refractivity contribution in [3.05, 3.63) is 64.1 Å². The van der Waals surface area contributed by atoms with E-state index in [-0.39, 0.29) is 12.1 Å². The van der Waals surface area contributed by atoms with Crippen molar-refractivity contribution in [1.82, 2.24) is 4.57 Å². The normalized spacial score (nSPS) is 10.5. The van der Waals surface area contributed by atoms with Crippen molar-refractivity contribution in [3.8, 4) is 0 Å². The van der Waals surface area contributed by atoms with Gasteiger partial charge in [-0.05, 0) is 19.1 Å². The van der Waals surface area contributed by atoms with Crippen LogP contribution in [0, 0.1) is 11.6 Å². The molecule has 0 aliphatic heterocycles. The molecule has 0 bridgehead atoms. The number of pyridine rings is 1. The fraction of sp³-hybridized carbons (Fsp3) is 0.214. The van der Waals surface area contributed by atoms with E-state index in [1.165, 1.54) is 18.2 Å². The minimum absolute atomic E-state index is 0.0824. The number of nitrogens with one attached hydrogen (secondary N) is 1. The molecule has 2 rings (SSSR count). The maximum atomic E-state index is 13.4. The smallest absolute Gasteiger partial charge is 0.250 e. The summed E-state index contributed by atoms with van der Waals surface area (Å²) in [7, 11) is 0. The van der Waals surface area contributed by atoms with Gasteiger partial charge in [-0.2, -0.15) is 0 Å². The first-order valence-corrected chi connectivity index (χ1v) is 5.98. The van der Waals surface area contributed by atoms with Crippen LogP contribution in [0.15, 0.2) is 41.3 Å². The molecule has 1 aromatic carbocycles. The number of benzene rings is 1. The number of aryl methyl sites for hydroxylation is 1. The minimum Gasteiger partial charge on any atom is -0.380 e. The maximum Gasteiger partial charge on any atom is 0.250 e. The summed E-state index contributed by atoms with van der Waals surface area (Å²) in [6.07, 6.45) is 1.67. The molecule has 0 atom stereocenters. The third-order valence-corrected chi connectivity index (χ3v) is 2.82. The predicted molar refractivity (Wildman–Crippen MR) is 70.1 cm³/mol. The van der Waals surface area contributed by atoms with E-state index in [9.17, 15) is 13.6 Å². The van der Waals surface area contributed by atoms with Gasteiger partial charge in [0.1, 0.15) is 11.6 Å². The summed E-state index contributed by atoms with van der Waals surface area (Å²) in [5.74, 6) is -1.18. The summed E-state index contributed by atoms with van der Waals surface area (Å²) >= 11 is 0. The van der Waals surface area contributed by atoms with Gasteiger partial charge in [-0.1, -0.05) is 6.07 Å². The molecule has 0 fully saturated rings. The molecule has 0 saturated carbocycles. The van der Waals surface area contributed by atoms with Crippen molar-refractivity contribution in [2.75, 3.05) is 5.32 Å². The second-order valence-electron chi connectivity index (χ2n) is 4.13. The molecule has 2 aromatic rings. The van der Waals surface area contributed by atoms with Crippen LogP contribution in [0.5, 0.6) is 0 Å². The molecule has 0 spiro atoms. The molecule has 0 radical (unpaired) electrons. The third kappa shape index (κ3) is 3.19. The molecule has 3 nitrogen and oxygen atoms in total. The predicted octanol–water partition coefficient (Wildman–Crippen LogP) is 2.76. The molecule has 1 N–H and O–H groups in total. The molecule has 1 heterocycles. The highest BCUT2D eigenvalue weighted by molar-refractivity contribution is 5.41. The standard InChI is InChI=1S/C14H14F2N2O/c1-2-18-9-12(5-6-14(18)19)17-8-10-3-4-11(15)7-13(10)16/h3-7,9,17H,2,8H2,1H3. The van der Waals surface area contributed by atoms with Gasteiger partial charge < -0.3 is 9.88 Å². The second-order valence-corrected chi connectivity index (χ2v) is 4.13. The monoisotopic (exact) mass is 264 g/mol. The average Bonchev–Trinajstić information content (AvgIpc) is 2.39. The Morgan fingerprint density at radius 3 is 2.68 bits per heavy atom. The van der Waals surface area contributed by atoms with E-state index in [0.717, 1.165) is 6.07 Å². The topological polar surface area (TPSA) is 34.0 Å². The van der Waals surface area contributed by atoms with Crippen LogP contribution in [-0.2, 0) is 13.1 Å². The van der Waals surface area contributed by atoms with Gasteiger partial charge >= 0.3 is 0 Å². The Balaban J connectivity index is 2.12. The van der Waals surface area contributed by atoms with E-state index in [1.54, 1.807) is 16.8 Å². The Labute approximate surface area is 109 Å². The quantitative estimate of drug-likeness (QED) is 0.921. The van der Waals surface area contributed by atoms with Crippen LogP contribution in [0.3, 0.4) is 0 Å². The number of anilines is 1. The van der Waals surface area contributed by atoms with Crippen LogP contribution in [-0.4, -0.2) is 4.57 Å². The lowest BCUT2D eigenvalue weighted by Gasteiger charge is -2.09. The van der Waals surface area contributed by atoms with Crippen molar-refractivity contribution in [2.45, 2.75) is 20.0 Å². The second kappa shape index (κ2) is 5.65. The molecule has 0 aliphatic rings. The first kappa shape index (κ1) is 13.3. The number of hydrogen-bond acceptors (Lipinski definition) is 2. The number of halogens is 2. The maximum absolute atomic E-state index is 13.4.